The van der Waals surface area contributed by atoms with Gasteiger partial charge in [-0.15, -0.1) is 0 Å². The lowest BCUT2D eigenvalue weighted by Gasteiger charge is -2.09. The summed E-state index contributed by atoms with van der Waals surface area (Å²) in [7, 11) is 0. The lowest BCUT2D eigenvalue weighted by Crippen LogP contribution is -2.20. The summed E-state index contributed by atoms with van der Waals surface area (Å²) in [5, 5.41) is 39.4. The molecule has 0 aliphatic carbocycles. The van der Waals surface area contributed by atoms with Crippen LogP contribution in [-0.4, -0.2) is 30.5 Å². The number of carbonyl (C=O) groups is 1. The largest absolute Gasteiger partial charge is 0.468 e. The first-order chi connectivity index (χ1) is 15.5. The zero-order valence-corrected chi connectivity index (χ0v) is 17.3. The maximum atomic E-state index is 12.5. The molecule has 1 N–H and O–H groups in total. The maximum Gasteiger partial charge on any atom is 0.468 e. The highest BCUT2D eigenvalue weighted by Crippen LogP contribution is 2.31. The second-order valence-corrected chi connectivity index (χ2v) is 6.87. The molecule has 0 radical (unpaired) electrons. The predicted molar refractivity (Wildman–Crippen MR) is 113 cm³/mol. The number of nitrogens with one attached hydrogen (secondary N) is 1. The smallest absolute Gasteiger partial charge is 0.457 e. The minimum atomic E-state index is -1.02. The lowest BCUT2D eigenvalue weighted by molar-refractivity contribution is -0.424. The summed E-state index contributed by atoms with van der Waals surface area (Å²) in [6, 6.07) is 10.6. The molecule has 1 amide bonds. The summed E-state index contributed by atoms with van der Waals surface area (Å²) >= 11 is 0. The molecule has 0 aliphatic rings. The molecule has 1 heterocycles. The molecule has 2 aromatic carbocycles. The number of aryl methyl sites for hydroxylation is 1. The van der Waals surface area contributed by atoms with Crippen molar-refractivity contribution >= 4 is 28.8 Å². The molecule has 0 fully saturated rings. The zero-order chi connectivity index (χ0) is 24.3. The molecule has 14 nitrogen and oxygen atoms in total. The number of nitrogens with zero attached hydrogens (tertiary/aromatic N) is 5. The van der Waals surface area contributed by atoms with Crippen molar-refractivity contribution in [1.29, 1.82) is 0 Å². The monoisotopic (exact) mass is 456 g/mol. The number of anilines is 1. The number of nitro benzene ring substituents is 1. The van der Waals surface area contributed by atoms with Crippen molar-refractivity contribution in [3.63, 3.8) is 0 Å². The van der Waals surface area contributed by atoms with Gasteiger partial charge in [0.2, 0.25) is 5.91 Å². The Bertz CT molecular complexity index is 1270. The van der Waals surface area contributed by atoms with E-state index < -0.39 is 38.7 Å². The predicted octanol–water partition coefficient (Wildman–Crippen LogP) is 3.66. The zero-order valence-electron chi connectivity index (χ0n) is 17.3. The van der Waals surface area contributed by atoms with E-state index in [1.54, 1.807) is 24.3 Å². The van der Waals surface area contributed by atoms with E-state index in [0.717, 1.165) is 16.3 Å². The van der Waals surface area contributed by atoms with E-state index in [-0.39, 0.29) is 22.8 Å². The van der Waals surface area contributed by atoms with Gasteiger partial charge in [-0.25, -0.2) is 0 Å². The highest BCUT2D eigenvalue weighted by atomic mass is 16.6. The van der Waals surface area contributed by atoms with Gasteiger partial charge in [0.15, 0.2) is 0 Å². The van der Waals surface area contributed by atoms with Crippen LogP contribution in [0.15, 0.2) is 42.5 Å². The molecule has 0 bridgehead atoms. The van der Waals surface area contributed by atoms with Crippen LogP contribution >= 0.6 is 0 Å². The number of hydrogen-bond donors (Lipinski definition) is 1. The Kier molecular flexibility index (Phi) is 6.28. The standard InChI is InChI=1S/C19H16N6O8/c1-11-3-5-15(6-4-11)33-16-8-13(7-14(9-16)23(27)28)20-17(26)10-22-12(2)18(24(29)30)19(21-22)25(31)32/h3-9H,10H2,1-2H3,(H,20,26). The second-order valence-electron chi connectivity index (χ2n) is 6.87. The lowest BCUT2D eigenvalue weighted by atomic mass is 10.2. The van der Waals surface area contributed by atoms with Gasteiger partial charge in [0, 0.05) is 12.1 Å². The Morgan fingerprint density at radius 3 is 2.18 bits per heavy atom. The molecule has 0 saturated heterocycles. The molecule has 170 valence electrons. The Balaban J connectivity index is 1.84. The number of hydrogen-bond acceptors (Lipinski definition) is 9. The van der Waals surface area contributed by atoms with Crippen molar-refractivity contribution in [2.24, 2.45) is 0 Å². The fourth-order valence-corrected chi connectivity index (χ4v) is 2.91. The van der Waals surface area contributed by atoms with E-state index in [2.05, 4.69) is 10.4 Å². The van der Waals surface area contributed by atoms with Gasteiger partial charge in [-0.1, -0.05) is 17.7 Å². The van der Waals surface area contributed by atoms with E-state index in [1.807, 2.05) is 6.92 Å². The van der Waals surface area contributed by atoms with Crippen LogP contribution in [0.1, 0.15) is 11.3 Å². The molecule has 3 aromatic rings. The number of benzene rings is 2. The van der Waals surface area contributed by atoms with Gasteiger partial charge in [-0.2, -0.15) is 4.68 Å². The van der Waals surface area contributed by atoms with Crippen LogP contribution in [0, 0.1) is 44.2 Å². The third-order valence-corrected chi connectivity index (χ3v) is 4.45. The molecule has 1 aromatic heterocycles. The third kappa shape index (κ3) is 5.25. The highest BCUT2D eigenvalue weighted by molar-refractivity contribution is 5.91. The Labute approximate surface area is 184 Å². The molecule has 14 heteroatoms. The summed E-state index contributed by atoms with van der Waals surface area (Å²) in [5.74, 6) is -1.25. The molecular formula is C19H16N6O8. The van der Waals surface area contributed by atoms with Crippen LogP contribution in [0.2, 0.25) is 0 Å². The first-order valence-electron chi connectivity index (χ1n) is 9.25. The Hall–Kier alpha value is -4.88. The van der Waals surface area contributed by atoms with Crippen molar-refractivity contribution in [3.8, 4) is 11.5 Å². The summed E-state index contributed by atoms with van der Waals surface area (Å²) < 4.78 is 6.44. The molecule has 0 saturated carbocycles. The van der Waals surface area contributed by atoms with Crippen molar-refractivity contribution in [3.05, 3.63) is 84.1 Å². The minimum absolute atomic E-state index is 0.0186. The number of rotatable bonds is 8. The number of nitro groups is 3. The van der Waals surface area contributed by atoms with Gasteiger partial charge in [0.25, 0.3) is 5.69 Å². The number of carbonyl (C=O) groups excluding carboxylic acids is 1. The van der Waals surface area contributed by atoms with Crippen molar-refractivity contribution < 1.29 is 24.3 Å². The van der Waals surface area contributed by atoms with E-state index in [0.29, 0.717) is 5.75 Å². The van der Waals surface area contributed by atoms with Gasteiger partial charge in [0.1, 0.15) is 23.7 Å². The quantitative estimate of drug-likeness (QED) is 0.390. The molecule has 3 rings (SSSR count). The van der Waals surface area contributed by atoms with Crippen molar-refractivity contribution in [2.45, 2.75) is 20.4 Å². The molecule has 0 unspecified atom stereocenters. The van der Waals surface area contributed by atoms with Crippen LogP contribution in [0.25, 0.3) is 0 Å². The summed E-state index contributed by atoms with van der Waals surface area (Å²) in [6.07, 6.45) is 0. The van der Waals surface area contributed by atoms with E-state index >= 15 is 0 Å². The van der Waals surface area contributed by atoms with E-state index in [9.17, 15) is 35.1 Å². The molecular weight excluding hydrogens is 440 g/mol. The molecule has 33 heavy (non-hydrogen) atoms. The van der Waals surface area contributed by atoms with Crippen LogP contribution in [0.4, 0.5) is 22.9 Å². The number of aromatic nitrogens is 2. The highest BCUT2D eigenvalue weighted by Gasteiger charge is 2.35. The van der Waals surface area contributed by atoms with E-state index in [4.69, 9.17) is 4.74 Å². The van der Waals surface area contributed by atoms with Crippen molar-refractivity contribution in [2.75, 3.05) is 5.32 Å². The van der Waals surface area contributed by atoms with Crippen LogP contribution in [-0.2, 0) is 11.3 Å². The van der Waals surface area contributed by atoms with Crippen LogP contribution in [0.5, 0.6) is 11.5 Å². The van der Waals surface area contributed by atoms with Crippen LogP contribution < -0.4 is 10.1 Å². The fraction of sp³-hybridized carbons (Fsp3) is 0.158. The Morgan fingerprint density at radius 1 is 0.970 bits per heavy atom. The van der Waals surface area contributed by atoms with Gasteiger partial charge in [-0.3, -0.25) is 25.0 Å². The maximum absolute atomic E-state index is 12.5. The Morgan fingerprint density at radius 2 is 1.64 bits per heavy atom. The summed E-state index contributed by atoms with van der Waals surface area (Å²) in [4.78, 5) is 43.2. The second kappa shape index (κ2) is 9.09. The van der Waals surface area contributed by atoms with Gasteiger partial charge in [0.05, 0.1) is 26.7 Å². The van der Waals surface area contributed by atoms with Gasteiger partial charge in [-0.05, 0) is 30.9 Å². The average molecular weight is 456 g/mol. The normalized spacial score (nSPS) is 10.5. The van der Waals surface area contributed by atoms with Crippen molar-refractivity contribution in [1.82, 2.24) is 9.78 Å². The number of ether oxygens (including phenoxy) is 1. The summed E-state index contributed by atoms with van der Waals surface area (Å²) in [6.45, 7) is 2.50. The minimum Gasteiger partial charge on any atom is -0.457 e. The fourth-order valence-electron chi connectivity index (χ4n) is 2.91. The number of amides is 1. The van der Waals surface area contributed by atoms with Gasteiger partial charge >= 0.3 is 11.5 Å². The SMILES string of the molecule is Cc1ccc(Oc2cc(NC(=O)Cn3nc([N+](=O)[O-])c([N+](=O)[O-])c3C)cc([N+](=O)[O-])c2)cc1. The molecule has 0 aliphatic heterocycles. The number of non-ortho nitro benzene ring substituents is 1. The molecule has 0 spiro atoms. The molecule has 0 atom stereocenters. The van der Waals surface area contributed by atoms with Crippen LogP contribution in [0.3, 0.4) is 0 Å². The first-order valence-corrected chi connectivity index (χ1v) is 9.25. The first kappa shape index (κ1) is 22.8. The average Bonchev–Trinajstić information content (AvgIpc) is 3.06. The summed E-state index contributed by atoms with van der Waals surface area (Å²) in [5.41, 5.74) is -0.355. The van der Waals surface area contributed by atoms with E-state index in [1.165, 1.54) is 19.1 Å². The van der Waals surface area contributed by atoms with Gasteiger partial charge < -0.3 is 20.2 Å². The topological polar surface area (TPSA) is 186 Å². The third-order valence-electron chi connectivity index (χ3n) is 4.45.